The van der Waals surface area contributed by atoms with Crippen LogP contribution in [0.3, 0.4) is 0 Å². The van der Waals surface area contributed by atoms with Crippen LogP contribution in [-0.2, 0) is 4.74 Å². The molecule has 0 spiro atoms. The van der Waals surface area contributed by atoms with E-state index < -0.39 is 0 Å². The Balaban J connectivity index is 2.40. The lowest BCUT2D eigenvalue weighted by atomic mass is 9.93. The van der Waals surface area contributed by atoms with E-state index >= 15 is 0 Å². The summed E-state index contributed by atoms with van der Waals surface area (Å²) in [4.78, 5) is 13.8. The van der Waals surface area contributed by atoms with Crippen molar-refractivity contribution in [3.63, 3.8) is 0 Å². The number of carbonyl (C=O) groups is 1. The van der Waals surface area contributed by atoms with Gasteiger partial charge >= 0.3 is 6.09 Å². The predicted molar refractivity (Wildman–Crippen MR) is 70.1 cm³/mol. The number of nitrogens with zero attached hydrogens (tertiary/aromatic N) is 1. The zero-order chi connectivity index (χ0) is 12.9. The first-order chi connectivity index (χ1) is 7.92. The monoisotopic (exact) mass is 241 g/mol. The van der Waals surface area contributed by atoms with Crippen LogP contribution in [0.2, 0.25) is 0 Å². The van der Waals surface area contributed by atoms with Crippen LogP contribution >= 0.6 is 0 Å². The van der Waals surface area contributed by atoms with Gasteiger partial charge in [-0.25, -0.2) is 4.79 Å². The standard InChI is InChI=1S/C14H27NO2/c1-5-6-8-12-9-7-10-15(11-12)13(16)17-14(2,3)4/h12H,5-11H2,1-4H3/t12-/m0/s1. The van der Waals surface area contributed by atoms with Crippen molar-refractivity contribution in [3.8, 4) is 0 Å². The molecule has 1 amide bonds. The minimum Gasteiger partial charge on any atom is -0.444 e. The van der Waals surface area contributed by atoms with Crippen LogP contribution in [0.1, 0.15) is 59.8 Å². The molecule has 17 heavy (non-hydrogen) atoms. The fraction of sp³-hybridized carbons (Fsp3) is 0.929. The number of hydrogen-bond donors (Lipinski definition) is 0. The number of rotatable bonds is 3. The Labute approximate surface area is 106 Å². The maximum atomic E-state index is 11.9. The summed E-state index contributed by atoms with van der Waals surface area (Å²) in [5.41, 5.74) is -0.382. The van der Waals surface area contributed by atoms with Crippen LogP contribution in [0.25, 0.3) is 0 Å². The maximum Gasteiger partial charge on any atom is 0.410 e. The highest BCUT2D eigenvalue weighted by atomic mass is 16.6. The van der Waals surface area contributed by atoms with E-state index in [1.807, 2.05) is 25.7 Å². The molecular formula is C14H27NO2. The first-order valence-electron chi connectivity index (χ1n) is 6.90. The Morgan fingerprint density at radius 3 is 2.71 bits per heavy atom. The Kier molecular flexibility index (Phi) is 5.29. The highest BCUT2D eigenvalue weighted by molar-refractivity contribution is 5.68. The molecule has 3 nitrogen and oxygen atoms in total. The molecule has 0 unspecified atom stereocenters. The topological polar surface area (TPSA) is 29.5 Å². The molecule has 0 N–H and O–H groups in total. The van der Waals surface area contributed by atoms with Gasteiger partial charge in [-0.3, -0.25) is 0 Å². The van der Waals surface area contributed by atoms with E-state index in [-0.39, 0.29) is 11.7 Å². The van der Waals surface area contributed by atoms with E-state index in [2.05, 4.69) is 6.92 Å². The number of likely N-dealkylation sites (tertiary alicyclic amines) is 1. The average Bonchev–Trinajstić information content (AvgIpc) is 2.24. The van der Waals surface area contributed by atoms with Crippen LogP contribution in [0, 0.1) is 5.92 Å². The van der Waals surface area contributed by atoms with Gasteiger partial charge in [-0.2, -0.15) is 0 Å². The van der Waals surface area contributed by atoms with Gasteiger partial charge in [0.2, 0.25) is 0 Å². The number of piperidine rings is 1. The lowest BCUT2D eigenvalue weighted by Gasteiger charge is -2.34. The Bertz CT molecular complexity index is 245. The fourth-order valence-corrected chi connectivity index (χ4v) is 2.29. The van der Waals surface area contributed by atoms with Gasteiger partial charge in [0.1, 0.15) is 5.60 Å². The summed E-state index contributed by atoms with van der Waals surface area (Å²) in [7, 11) is 0. The van der Waals surface area contributed by atoms with Gasteiger partial charge in [0.25, 0.3) is 0 Å². The summed E-state index contributed by atoms with van der Waals surface area (Å²) in [5.74, 6) is 0.677. The minimum atomic E-state index is -0.382. The van der Waals surface area contributed by atoms with Crippen molar-refractivity contribution in [2.45, 2.75) is 65.4 Å². The van der Waals surface area contributed by atoms with Crippen molar-refractivity contribution < 1.29 is 9.53 Å². The van der Waals surface area contributed by atoms with E-state index in [9.17, 15) is 4.79 Å². The molecule has 1 rings (SSSR count). The third kappa shape index (κ3) is 5.42. The molecule has 1 fully saturated rings. The van der Waals surface area contributed by atoms with Gasteiger partial charge in [-0.1, -0.05) is 19.8 Å². The van der Waals surface area contributed by atoms with Crippen molar-refractivity contribution in [3.05, 3.63) is 0 Å². The van der Waals surface area contributed by atoms with E-state index in [4.69, 9.17) is 4.74 Å². The summed E-state index contributed by atoms with van der Waals surface area (Å²) < 4.78 is 5.42. The number of amides is 1. The molecule has 0 saturated carbocycles. The second-order valence-corrected chi connectivity index (χ2v) is 6.08. The molecule has 0 aromatic rings. The Hall–Kier alpha value is -0.730. The predicted octanol–water partition coefficient (Wildman–Crippen LogP) is 3.82. The smallest absolute Gasteiger partial charge is 0.410 e. The van der Waals surface area contributed by atoms with Crippen molar-refractivity contribution in [1.29, 1.82) is 0 Å². The molecule has 1 aliphatic rings. The van der Waals surface area contributed by atoms with Crippen molar-refractivity contribution >= 4 is 6.09 Å². The summed E-state index contributed by atoms with van der Waals surface area (Å²) >= 11 is 0. The first kappa shape index (κ1) is 14.3. The second-order valence-electron chi connectivity index (χ2n) is 6.08. The fourth-order valence-electron chi connectivity index (χ4n) is 2.29. The zero-order valence-electron chi connectivity index (χ0n) is 11.8. The van der Waals surface area contributed by atoms with E-state index in [1.165, 1.54) is 25.7 Å². The molecule has 1 atom stereocenters. The SMILES string of the molecule is CCCC[C@H]1CCCN(C(=O)OC(C)(C)C)C1. The van der Waals surface area contributed by atoms with Gasteiger partial charge < -0.3 is 9.64 Å². The highest BCUT2D eigenvalue weighted by Crippen LogP contribution is 2.23. The highest BCUT2D eigenvalue weighted by Gasteiger charge is 2.27. The summed E-state index contributed by atoms with van der Waals surface area (Å²) in [6.07, 6.45) is 6.00. The molecular weight excluding hydrogens is 214 g/mol. The van der Waals surface area contributed by atoms with Gasteiger partial charge in [0, 0.05) is 13.1 Å². The van der Waals surface area contributed by atoms with E-state index in [1.54, 1.807) is 0 Å². The summed E-state index contributed by atoms with van der Waals surface area (Å²) in [6, 6.07) is 0. The summed E-state index contributed by atoms with van der Waals surface area (Å²) in [5, 5.41) is 0. The molecule has 100 valence electrons. The third-order valence-corrected chi connectivity index (χ3v) is 3.14. The van der Waals surface area contributed by atoms with Crippen LogP contribution in [0.4, 0.5) is 4.79 Å². The first-order valence-corrected chi connectivity index (χ1v) is 6.90. The van der Waals surface area contributed by atoms with E-state index in [0.717, 1.165) is 19.5 Å². The summed E-state index contributed by atoms with van der Waals surface area (Å²) in [6.45, 7) is 9.72. The molecule has 1 saturated heterocycles. The molecule has 1 heterocycles. The van der Waals surface area contributed by atoms with Gasteiger partial charge in [0.05, 0.1) is 0 Å². The number of carbonyl (C=O) groups excluding carboxylic acids is 1. The maximum absolute atomic E-state index is 11.9. The molecule has 0 aromatic heterocycles. The van der Waals surface area contributed by atoms with Gasteiger partial charge in [-0.05, 0) is 46.0 Å². The lowest BCUT2D eigenvalue weighted by Crippen LogP contribution is -2.42. The van der Waals surface area contributed by atoms with E-state index in [0.29, 0.717) is 5.92 Å². The normalized spacial score (nSPS) is 21.4. The Morgan fingerprint density at radius 1 is 1.41 bits per heavy atom. The number of ether oxygens (including phenoxy) is 1. The van der Waals surface area contributed by atoms with Crippen LogP contribution in [-0.4, -0.2) is 29.7 Å². The molecule has 0 radical (unpaired) electrons. The number of unbranched alkanes of at least 4 members (excludes halogenated alkanes) is 1. The third-order valence-electron chi connectivity index (χ3n) is 3.14. The van der Waals surface area contributed by atoms with Crippen LogP contribution < -0.4 is 0 Å². The molecule has 3 heteroatoms. The second kappa shape index (κ2) is 6.27. The Morgan fingerprint density at radius 2 is 2.12 bits per heavy atom. The van der Waals surface area contributed by atoms with Crippen LogP contribution in [0.15, 0.2) is 0 Å². The largest absolute Gasteiger partial charge is 0.444 e. The average molecular weight is 241 g/mol. The van der Waals surface area contributed by atoms with Crippen molar-refractivity contribution in [2.75, 3.05) is 13.1 Å². The van der Waals surface area contributed by atoms with Gasteiger partial charge in [0.15, 0.2) is 0 Å². The van der Waals surface area contributed by atoms with Crippen LogP contribution in [0.5, 0.6) is 0 Å². The quantitative estimate of drug-likeness (QED) is 0.751. The molecule has 0 aromatic carbocycles. The molecule has 0 aliphatic carbocycles. The minimum absolute atomic E-state index is 0.140. The zero-order valence-corrected chi connectivity index (χ0v) is 11.8. The van der Waals surface area contributed by atoms with Gasteiger partial charge in [-0.15, -0.1) is 0 Å². The molecule has 1 aliphatic heterocycles. The lowest BCUT2D eigenvalue weighted by molar-refractivity contribution is 0.0161. The number of hydrogen-bond acceptors (Lipinski definition) is 2. The van der Waals surface area contributed by atoms with Crippen molar-refractivity contribution in [1.82, 2.24) is 4.90 Å². The molecule has 0 bridgehead atoms. The van der Waals surface area contributed by atoms with Crippen molar-refractivity contribution in [2.24, 2.45) is 5.92 Å².